The molecular weight excluding hydrogens is 704 g/mol. The Morgan fingerprint density at radius 3 is 2.14 bits per heavy atom. The molecule has 0 unspecified atom stereocenters. The average Bonchev–Trinajstić information content (AvgIpc) is 3.56. The van der Waals surface area contributed by atoms with Crippen LogP contribution in [0.25, 0.3) is 17.1 Å². The van der Waals surface area contributed by atoms with E-state index in [0.717, 1.165) is 18.2 Å². The van der Waals surface area contributed by atoms with Crippen molar-refractivity contribution in [2.45, 2.75) is 57.9 Å². The number of nitrogens with zero attached hydrogens (tertiary/aromatic N) is 6. The van der Waals surface area contributed by atoms with E-state index < -0.39 is 83.6 Å². The number of amides is 1. The number of ether oxygens (including phenoxy) is 2. The molecule has 266 valence electrons. The number of halogens is 7. The molecule has 0 aliphatic carbocycles. The lowest BCUT2D eigenvalue weighted by molar-refractivity contribution is -0.221. The van der Waals surface area contributed by atoms with Gasteiger partial charge in [0.15, 0.2) is 11.6 Å². The fourth-order valence-electron chi connectivity index (χ4n) is 4.33. The molecule has 0 radical (unpaired) electrons. The van der Waals surface area contributed by atoms with Gasteiger partial charge in [-0.05, 0) is 57.2 Å². The maximum Gasteiger partial charge on any atom is 0.427 e. The zero-order chi connectivity index (χ0) is 37.2. The largest absolute Gasteiger partial charge is 0.457 e. The number of primary amides is 1. The number of aromatic nitrogens is 6. The second-order valence-corrected chi connectivity index (χ2v) is 11.8. The summed E-state index contributed by atoms with van der Waals surface area (Å²) in [6.45, 7) is 2.48. The highest BCUT2D eigenvalue weighted by Gasteiger charge is 2.44. The predicted octanol–water partition coefficient (Wildman–Crippen LogP) is 4.48. The molecule has 50 heavy (non-hydrogen) atoms. The maximum absolute atomic E-state index is 14.2. The van der Waals surface area contributed by atoms with Gasteiger partial charge in [-0.25, -0.2) is 28.7 Å². The molecule has 1 atom stereocenters. The highest BCUT2D eigenvalue weighted by Crippen LogP contribution is 2.34. The van der Waals surface area contributed by atoms with Gasteiger partial charge in [0.2, 0.25) is 11.9 Å². The van der Waals surface area contributed by atoms with Gasteiger partial charge >= 0.3 is 30.0 Å². The van der Waals surface area contributed by atoms with Crippen molar-refractivity contribution in [3.05, 3.63) is 93.4 Å². The summed E-state index contributed by atoms with van der Waals surface area (Å²) in [4.78, 5) is 53.7. The summed E-state index contributed by atoms with van der Waals surface area (Å²) >= 11 is 5.94. The lowest BCUT2D eigenvalue weighted by atomic mass is 10.1. The number of esters is 2. The first-order valence-corrected chi connectivity index (χ1v) is 14.6. The number of hydrogen-bond donors (Lipinski definition) is 1. The van der Waals surface area contributed by atoms with Gasteiger partial charge in [-0.3, -0.25) is 9.36 Å². The lowest BCUT2D eigenvalue weighted by Gasteiger charge is -2.21. The second kappa shape index (κ2) is 14.2. The van der Waals surface area contributed by atoms with E-state index in [1.54, 1.807) is 0 Å². The van der Waals surface area contributed by atoms with E-state index in [1.807, 2.05) is 0 Å². The van der Waals surface area contributed by atoms with Crippen molar-refractivity contribution < 1.29 is 50.2 Å². The summed E-state index contributed by atoms with van der Waals surface area (Å²) < 4.78 is 94.8. The fourth-order valence-corrected chi connectivity index (χ4v) is 4.45. The Labute approximate surface area is 282 Å². The molecule has 0 saturated carbocycles. The summed E-state index contributed by atoms with van der Waals surface area (Å²) in [7, 11) is 0. The van der Waals surface area contributed by atoms with Crippen LogP contribution in [0.4, 0.5) is 26.3 Å². The standard InChI is InChI=1S/C30H26ClF6N7O6/c1-28(2,3)50-23(46)13-12-22(45)49-20(30(35,36)37)14-42-25(16-8-10-17(31)11-9-16)41-43(27(42)48)15-21-39-26(24(38)47)44(40-21)19-7-5-4-6-18(19)29(32,33)34/h4-13,20H,14-15H2,1-3H3,(H2,38,47)/b13-12+/t20-/m0/s1. The van der Waals surface area contributed by atoms with Gasteiger partial charge in [-0.1, -0.05) is 23.7 Å². The molecule has 1 amide bonds. The minimum atomic E-state index is -5.24. The van der Waals surface area contributed by atoms with Gasteiger partial charge in [0.05, 0.1) is 17.8 Å². The Hall–Kier alpha value is -5.46. The zero-order valence-corrected chi connectivity index (χ0v) is 26.9. The van der Waals surface area contributed by atoms with E-state index in [9.17, 15) is 45.5 Å². The van der Waals surface area contributed by atoms with Gasteiger partial charge in [0, 0.05) is 22.7 Å². The average molecular weight is 730 g/mol. The normalized spacial score (nSPS) is 13.0. The molecule has 0 bridgehead atoms. The van der Waals surface area contributed by atoms with E-state index in [1.165, 1.54) is 51.1 Å². The SMILES string of the molecule is CC(C)(C)OC(=O)/C=C/C(=O)O[C@@H](Cn1c(-c2ccc(Cl)cc2)nn(Cc2nc(C(N)=O)n(-c3ccccc3C(F)(F)F)n2)c1=O)C(F)(F)F. The number of nitrogens with two attached hydrogens (primary N) is 1. The smallest absolute Gasteiger partial charge is 0.427 e. The minimum absolute atomic E-state index is 0.0812. The Kier molecular flexibility index (Phi) is 10.6. The molecule has 2 aromatic heterocycles. The fraction of sp³-hybridized carbons (Fsp3) is 0.300. The number of alkyl halides is 6. The van der Waals surface area contributed by atoms with Crippen LogP contribution in [0.1, 0.15) is 42.8 Å². The van der Waals surface area contributed by atoms with Crippen molar-refractivity contribution >= 4 is 29.4 Å². The summed E-state index contributed by atoms with van der Waals surface area (Å²) in [5.74, 6) is -5.48. The molecule has 20 heteroatoms. The summed E-state index contributed by atoms with van der Waals surface area (Å²) in [6.07, 6.45) is -12.1. The molecule has 4 aromatic rings. The van der Waals surface area contributed by atoms with Crippen LogP contribution in [0.5, 0.6) is 0 Å². The Morgan fingerprint density at radius 1 is 0.940 bits per heavy atom. The number of para-hydroxylation sites is 1. The first kappa shape index (κ1) is 37.4. The van der Waals surface area contributed by atoms with Crippen molar-refractivity contribution in [2.24, 2.45) is 5.73 Å². The van der Waals surface area contributed by atoms with Crippen molar-refractivity contribution in [3.63, 3.8) is 0 Å². The van der Waals surface area contributed by atoms with Crippen LogP contribution in [0.2, 0.25) is 5.02 Å². The first-order chi connectivity index (χ1) is 23.1. The van der Waals surface area contributed by atoms with Crippen LogP contribution in [0.3, 0.4) is 0 Å². The quantitative estimate of drug-likeness (QED) is 0.141. The number of carbonyl (C=O) groups excluding carboxylic acids is 3. The molecule has 0 saturated heterocycles. The summed E-state index contributed by atoms with van der Waals surface area (Å²) in [6, 6.07) is 9.42. The Bertz CT molecular complexity index is 1990. The molecule has 0 spiro atoms. The molecule has 4 rings (SSSR count). The maximum atomic E-state index is 14.2. The van der Waals surface area contributed by atoms with Gasteiger partial charge in [-0.15, -0.1) is 10.2 Å². The number of rotatable bonds is 10. The van der Waals surface area contributed by atoms with E-state index in [0.29, 0.717) is 26.1 Å². The van der Waals surface area contributed by atoms with E-state index in [-0.39, 0.29) is 16.4 Å². The highest BCUT2D eigenvalue weighted by molar-refractivity contribution is 6.30. The number of benzene rings is 2. The van der Waals surface area contributed by atoms with Crippen LogP contribution >= 0.6 is 11.6 Å². The number of carbonyl (C=O) groups is 3. The topological polar surface area (TPSA) is 166 Å². The van der Waals surface area contributed by atoms with Crippen molar-refractivity contribution in [3.8, 4) is 17.1 Å². The monoisotopic (exact) mass is 729 g/mol. The van der Waals surface area contributed by atoms with E-state index in [2.05, 4.69) is 19.9 Å². The summed E-state index contributed by atoms with van der Waals surface area (Å²) in [5, 5.41) is 8.23. The lowest BCUT2D eigenvalue weighted by Crippen LogP contribution is -2.40. The molecule has 0 aliphatic rings. The third-order valence-electron chi connectivity index (χ3n) is 6.36. The van der Waals surface area contributed by atoms with Crippen LogP contribution in [0, 0.1) is 0 Å². The van der Waals surface area contributed by atoms with E-state index >= 15 is 0 Å². The van der Waals surface area contributed by atoms with Crippen LogP contribution in [0.15, 0.2) is 65.5 Å². The molecular formula is C30H26ClF6N7O6. The van der Waals surface area contributed by atoms with Crippen LogP contribution < -0.4 is 11.4 Å². The highest BCUT2D eigenvalue weighted by atomic mass is 35.5. The first-order valence-electron chi connectivity index (χ1n) is 14.2. The van der Waals surface area contributed by atoms with Gasteiger partial charge in [0.25, 0.3) is 5.91 Å². The van der Waals surface area contributed by atoms with Crippen molar-refractivity contribution in [1.82, 2.24) is 29.1 Å². The van der Waals surface area contributed by atoms with Crippen molar-refractivity contribution in [2.75, 3.05) is 0 Å². The third-order valence-corrected chi connectivity index (χ3v) is 6.61. The van der Waals surface area contributed by atoms with Gasteiger partial charge in [-0.2, -0.15) is 26.3 Å². The summed E-state index contributed by atoms with van der Waals surface area (Å²) in [5.41, 5.74) is 1.43. The van der Waals surface area contributed by atoms with Crippen LogP contribution in [-0.2, 0) is 38.3 Å². The molecule has 0 aliphatic heterocycles. The predicted molar refractivity (Wildman–Crippen MR) is 162 cm³/mol. The van der Waals surface area contributed by atoms with Crippen molar-refractivity contribution in [1.29, 1.82) is 0 Å². The third kappa shape index (κ3) is 9.16. The molecule has 2 heterocycles. The molecule has 0 fully saturated rings. The minimum Gasteiger partial charge on any atom is -0.457 e. The second-order valence-electron chi connectivity index (χ2n) is 11.4. The Balaban J connectivity index is 1.75. The van der Waals surface area contributed by atoms with E-state index in [4.69, 9.17) is 22.1 Å². The van der Waals surface area contributed by atoms with Gasteiger partial charge in [0.1, 0.15) is 12.1 Å². The molecule has 2 aromatic carbocycles. The number of hydrogen-bond acceptors (Lipinski definition) is 9. The van der Waals surface area contributed by atoms with Crippen LogP contribution in [-0.4, -0.2) is 64.8 Å². The molecule has 13 nitrogen and oxygen atoms in total. The zero-order valence-electron chi connectivity index (χ0n) is 26.1. The van der Waals surface area contributed by atoms with Gasteiger partial charge < -0.3 is 15.2 Å². The Morgan fingerprint density at radius 2 is 1.56 bits per heavy atom. The molecule has 2 N–H and O–H groups in total.